The molecule has 1 unspecified atom stereocenters. The monoisotopic (exact) mass is 347 g/mol. The van der Waals surface area contributed by atoms with E-state index in [1.807, 2.05) is 38.1 Å². The van der Waals surface area contributed by atoms with Crippen molar-refractivity contribution in [3.63, 3.8) is 0 Å². The standard InChI is InChI=1S/C13H18INO2/c1-9(15)12(16)17-13(2,3)8-10-4-6-11(14)7-5-10/h4-7,9H,8,15H2,1-3H3. The maximum atomic E-state index is 11.5. The minimum Gasteiger partial charge on any atom is -0.458 e. The van der Waals surface area contributed by atoms with Gasteiger partial charge in [0, 0.05) is 9.99 Å². The highest BCUT2D eigenvalue weighted by Crippen LogP contribution is 2.18. The Hall–Kier alpha value is -0.620. The average molecular weight is 347 g/mol. The number of rotatable bonds is 4. The predicted molar refractivity (Wildman–Crippen MR) is 76.7 cm³/mol. The summed E-state index contributed by atoms with van der Waals surface area (Å²) in [5.74, 6) is -0.361. The number of benzene rings is 1. The van der Waals surface area contributed by atoms with Gasteiger partial charge in [-0.2, -0.15) is 0 Å². The lowest BCUT2D eigenvalue weighted by Crippen LogP contribution is -2.38. The number of carbonyl (C=O) groups excluding carboxylic acids is 1. The van der Waals surface area contributed by atoms with Gasteiger partial charge in [-0.1, -0.05) is 12.1 Å². The molecule has 0 bridgehead atoms. The lowest BCUT2D eigenvalue weighted by Gasteiger charge is -2.26. The molecule has 0 saturated carbocycles. The second kappa shape index (κ2) is 5.82. The third-order valence-electron chi connectivity index (χ3n) is 2.29. The minimum atomic E-state index is -0.578. The summed E-state index contributed by atoms with van der Waals surface area (Å²) >= 11 is 2.26. The molecule has 4 heteroatoms. The van der Waals surface area contributed by atoms with Crippen molar-refractivity contribution in [2.45, 2.75) is 38.8 Å². The van der Waals surface area contributed by atoms with Gasteiger partial charge in [0.1, 0.15) is 11.6 Å². The lowest BCUT2D eigenvalue weighted by atomic mass is 9.98. The van der Waals surface area contributed by atoms with Crippen molar-refractivity contribution in [2.24, 2.45) is 5.73 Å². The summed E-state index contributed by atoms with van der Waals surface area (Å²) in [6, 6.07) is 7.59. The molecule has 1 aromatic rings. The summed E-state index contributed by atoms with van der Waals surface area (Å²) in [6.45, 7) is 5.42. The van der Waals surface area contributed by atoms with Crippen molar-refractivity contribution < 1.29 is 9.53 Å². The third-order valence-corrected chi connectivity index (χ3v) is 3.01. The molecule has 0 heterocycles. The van der Waals surface area contributed by atoms with Crippen LogP contribution in [0.15, 0.2) is 24.3 Å². The molecule has 0 saturated heterocycles. The van der Waals surface area contributed by atoms with Crippen molar-refractivity contribution in [1.29, 1.82) is 0 Å². The van der Waals surface area contributed by atoms with Crippen LogP contribution in [-0.2, 0) is 16.0 Å². The molecule has 2 N–H and O–H groups in total. The van der Waals surface area contributed by atoms with E-state index in [0.717, 1.165) is 5.56 Å². The summed E-state index contributed by atoms with van der Waals surface area (Å²) < 4.78 is 6.56. The minimum absolute atomic E-state index is 0.361. The van der Waals surface area contributed by atoms with Crippen molar-refractivity contribution in [3.05, 3.63) is 33.4 Å². The Bertz CT molecular complexity index is 385. The Balaban J connectivity index is 2.66. The van der Waals surface area contributed by atoms with Crippen molar-refractivity contribution >= 4 is 28.6 Å². The van der Waals surface area contributed by atoms with E-state index < -0.39 is 11.6 Å². The van der Waals surface area contributed by atoms with Gasteiger partial charge >= 0.3 is 5.97 Å². The van der Waals surface area contributed by atoms with Crippen LogP contribution in [0.1, 0.15) is 26.3 Å². The van der Waals surface area contributed by atoms with E-state index in [-0.39, 0.29) is 5.97 Å². The van der Waals surface area contributed by atoms with Crippen LogP contribution in [0.2, 0.25) is 0 Å². The summed E-state index contributed by atoms with van der Waals surface area (Å²) in [5.41, 5.74) is 6.10. The average Bonchev–Trinajstić information content (AvgIpc) is 2.20. The Kier molecular flexibility index (Phi) is 4.94. The Morgan fingerprint density at radius 3 is 2.41 bits per heavy atom. The highest BCUT2D eigenvalue weighted by atomic mass is 127. The first-order valence-corrected chi connectivity index (χ1v) is 6.61. The van der Waals surface area contributed by atoms with E-state index in [9.17, 15) is 4.79 Å². The fourth-order valence-electron chi connectivity index (χ4n) is 1.50. The zero-order valence-corrected chi connectivity index (χ0v) is 12.5. The quantitative estimate of drug-likeness (QED) is 0.673. The molecule has 0 aliphatic rings. The Morgan fingerprint density at radius 2 is 1.94 bits per heavy atom. The van der Waals surface area contributed by atoms with Crippen LogP contribution in [0.4, 0.5) is 0 Å². The molecule has 0 amide bonds. The molecular weight excluding hydrogens is 329 g/mol. The molecule has 1 aromatic carbocycles. The van der Waals surface area contributed by atoms with Gasteiger partial charge in [-0.05, 0) is 61.1 Å². The molecule has 0 spiro atoms. The molecule has 94 valence electrons. The first-order valence-electron chi connectivity index (χ1n) is 5.53. The summed E-state index contributed by atoms with van der Waals surface area (Å²) in [7, 11) is 0. The zero-order valence-electron chi connectivity index (χ0n) is 10.4. The van der Waals surface area contributed by atoms with Crippen LogP contribution in [0.25, 0.3) is 0 Å². The number of nitrogens with two attached hydrogens (primary N) is 1. The van der Waals surface area contributed by atoms with Crippen LogP contribution in [0, 0.1) is 3.57 Å². The van der Waals surface area contributed by atoms with Crippen LogP contribution in [0.3, 0.4) is 0 Å². The first-order chi connectivity index (χ1) is 7.80. The van der Waals surface area contributed by atoms with Crippen molar-refractivity contribution in [2.75, 3.05) is 0 Å². The topological polar surface area (TPSA) is 52.3 Å². The van der Waals surface area contributed by atoms with E-state index in [4.69, 9.17) is 10.5 Å². The Labute approximate surface area is 116 Å². The van der Waals surface area contributed by atoms with E-state index in [0.29, 0.717) is 6.42 Å². The van der Waals surface area contributed by atoms with Crippen molar-refractivity contribution in [3.8, 4) is 0 Å². The fraction of sp³-hybridized carbons (Fsp3) is 0.462. The summed E-state index contributed by atoms with van der Waals surface area (Å²) in [6.07, 6.45) is 0.683. The van der Waals surface area contributed by atoms with E-state index >= 15 is 0 Å². The molecule has 0 aliphatic heterocycles. The third kappa shape index (κ3) is 5.04. The largest absolute Gasteiger partial charge is 0.458 e. The number of carbonyl (C=O) groups is 1. The lowest BCUT2D eigenvalue weighted by molar-refractivity contribution is -0.157. The number of esters is 1. The maximum Gasteiger partial charge on any atom is 0.323 e. The van der Waals surface area contributed by atoms with Gasteiger partial charge in [0.25, 0.3) is 0 Å². The van der Waals surface area contributed by atoms with Crippen LogP contribution in [-0.4, -0.2) is 17.6 Å². The fourth-order valence-corrected chi connectivity index (χ4v) is 1.85. The second-order valence-electron chi connectivity index (χ2n) is 4.77. The normalized spacial score (nSPS) is 13.2. The molecule has 17 heavy (non-hydrogen) atoms. The summed E-state index contributed by atoms with van der Waals surface area (Å²) in [5, 5.41) is 0. The number of ether oxygens (including phenoxy) is 1. The van der Waals surface area contributed by atoms with Gasteiger partial charge in [0.15, 0.2) is 0 Å². The molecule has 0 aromatic heterocycles. The summed E-state index contributed by atoms with van der Waals surface area (Å²) in [4.78, 5) is 11.5. The predicted octanol–water partition coefficient (Wildman–Crippen LogP) is 2.50. The molecular formula is C13H18INO2. The van der Waals surface area contributed by atoms with Gasteiger partial charge in [0.2, 0.25) is 0 Å². The van der Waals surface area contributed by atoms with Gasteiger partial charge in [-0.15, -0.1) is 0 Å². The number of hydrogen-bond acceptors (Lipinski definition) is 3. The molecule has 0 fully saturated rings. The molecule has 1 atom stereocenters. The number of halogens is 1. The smallest absolute Gasteiger partial charge is 0.323 e. The maximum absolute atomic E-state index is 11.5. The SMILES string of the molecule is CC(N)C(=O)OC(C)(C)Cc1ccc(I)cc1. The Morgan fingerprint density at radius 1 is 1.41 bits per heavy atom. The molecule has 3 nitrogen and oxygen atoms in total. The van der Waals surface area contributed by atoms with Gasteiger partial charge < -0.3 is 10.5 Å². The zero-order chi connectivity index (χ0) is 13.1. The highest BCUT2D eigenvalue weighted by molar-refractivity contribution is 14.1. The molecule has 0 aliphatic carbocycles. The van der Waals surface area contributed by atoms with Gasteiger partial charge in [-0.3, -0.25) is 4.79 Å². The molecule has 0 radical (unpaired) electrons. The van der Waals surface area contributed by atoms with Crippen LogP contribution >= 0.6 is 22.6 Å². The van der Waals surface area contributed by atoms with E-state index in [1.54, 1.807) is 6.92 Å². The van der Waals surface area contributed by atoms with Crippen LogP contribution < -0.4 is 5.73 Å². The first kappa shape index (κ1) is 14.4. The number of hydrogen-bond donors (Lipinski definition) is 1. The van der Waals surface area contributed by atoms with Gasteiger partial charge in [-0.25, -0.2) is 0 Å². The van der Waals surface area contributed by atoms with E-state index in [2.05, 4.69) is 22.6 Å². The highest BCUT2D eigenvalue weighted by Gasteiger charge is 2.24. The second-order valence-corrected chi connectivity index (χ2v) is 6.02. The van der Waals surface area contributed by atoms with E-state index in [1.165, 1.54) is 3.57 Å². The van der Waals surface area contributed by atoms with Crippen LogP contribution in [0.5, 0.6) is 0 Å². The van der Waals surface area contributed by atoms with Gasteiger partial charge in [0.05, 0.1) is 0 Å². The molecule has 1 rings (SSSR count). The van der Waals surface area contributed by atoms with Crippen molar-refractivity contribution in [1.82, 2.24) is 0 Å².